The van der Waals surface area contributed by atoms with Gasteiger partial charge < -0.3 is 14.2 Å². The lowest BCUT2D eigenvalue weighted by Gasteiger charge is -2.35. The zero-order chi connectivity index (χ0) is 22.1. The third-order valence-electron chi connectivity index (χ3n) is 6.70. The molecule has 0 amide bonds. The van der Waals surface area contributed by atoms with E-state index in [9.17, 15) is 4.39 Å². The summed E-state index contributed by atoms with van der Waals surface area (Å²) in [6.45, 7) is 7.56. The van der Waals surface area contributed by atoms with Crippen LogP contribution in [0.5, 0.6) is 0 Å². The Morgan fingerprint density at radius 3 is 2.75 bits per heavy atom. The minimum atomic E-state index is -0.176. The molecule has 0 radical (unpaired) electrons. The molecule has 3 heterocycles. The second-order valence-electron chi connectivity index (χ2n) is 8.92. The van der Waals surface area contributed by atoms with Crippen molar-refractivity contribution in [3.8, 4) is 11.3 Å². The smallest absolute Gasteiger partial charge is 0.167 e. The number of hydrogen-bond acceptors (Lipinski definition) is 5. The lowest BCUT2D eigenvalue weighted by Crippen LogP contribution is -2.33. The van der Waals surface area contributed by atoms with Crippen LogP contribution in [-0.2, 0) is 11.2 Å². The first kappa shape index (κ1) is 20.9. The van der Waals surface area contributed by atoms with Gasteiger partial charge in [0.2, 0.25) is 0 Å². The highest BCUT2D eigenvalue weighted by molar-refractivity contribution is 5.83. The van der Waals surface area contributed by atoms with Crippen molar-refractivity contribution in [2.45, 2.75) is 31.6 Å². The fraction of sp³-hybridized carbons (Fsp3) is 0.423. The number of aliphatic imine (C=N–C) groups is 1. The Morgan fingerprint density at radius 2 is 2.09 bits per heavy atom. The number of rotatable bonds is 7. The number of aromatic nitrogens is 1. The second kappa shape index (κ2) is 8.89. The topological polar surface area (TPSA) is 50.9 Å². The molecule has 0 atom stereocenters. The third kappa shape index (κ3) is 4.21. The molecule has 5 rings (SSSR count). The van der Waals surface area contributed by atoms with Crippen LogP contribution < -0.4 is 0 Å². The van der Waals surface area contributed by atoms with Gasteiger partial charge in [-0.1, -0.05) is 29.6 Å². The van der Waals surface area contributed by atoms with E-state index in [1.54, 1.807) is 7.05 Å². The van der Waals surface area contributed by atoms with Gasteiger partial charge in [0, 0.05) is 67.5 Å². The van der Waals surface area contributed by atoms with Gasteiger partial charge in [-0.05, 0) is 36.5 Å². The number of halogens is 1. The summed E-state index contributed by atoms with van der Waals surface area (Å²) < 4.78 is 24.1. The molecular weight excluding hydrogens is 405 g/mol. The minimum absolute atomic E-state index is 0.176. The highest BCUT2D eigenvalue weighted by Gasteiger charge is 2.27. The van der Waals surface area contributed by atoms with Gasteiger partial charge in [-0.25, -0.2) is 4.39 Å². The predicted molar refractivity (Wildman–Crippen MR) is 122 cm³/mol. The van der Waals surface area contributed by atoms with E-state index in [4.69, 9.17) is 9.26 Å². The van der Waals surface area contributed by atoms with Crippen molar-refractivity contribution < 1.29 is 13.7 Å². The second-order valence-corrected chi connectivity index (χ2v) is 8.92. The molecule has 2 aromatic rings. The molecular formula is C26H28FN3O2. The molecule has 0 N–H and O–H groups in total. The summed E-state index contributed by atoms with van der Waals surface area (Å²) in [4.78, 5) is 6.43. The molecule has 1 aromatic carbocycles. The average Bonchev–Trinajstić information content (AvgIpc) is 3.25. The molecule has 1 aromatic heterocycles. The Hall–Kier alpha value is -2.95. The lowest BCUT2D eigenvalue weighted by molar-refractivity contribution is -0.0312. The van der Waals surface area contributed by atoms with Gasteiger partial charge in [-0.15, -0.1) is 0 Å². The summed E-state index contributed by atoms with van der Waals surface area (Å²) in [5.74, 6) is 1.56. The zero-order valence-corrected chi connectivity index (χ0v) is 18.4. The van der Waals surface area contributed by atoms with Gasteiger partial charge in [-0.3, -0.25) is 4.99 Å². The van der Waals surface area contributed by atoms with Crippen LogP contribution in [0.4, 0.5) is 4.39 Å². The fourth-order valence-electron chi connectivity index (χ4n) is 4.64. The van der Waals surface area contributed by atoms with E-state index in [1.807, 2.05) is 6.21 Å². The molecule has 0 spiro atoms. The van der Waals surface area contributed by atoms with Crippen molar-refractivity contribution in [2.24, 2.45) is 10.9 Å². The van der Waals surface area contributed by atoms with Crippen LogP contribution in [0.15, 0.2) is 63.2 Å². The van der Waals surface area contributed by atoms with Crippen molar-refractivity contribution in [1.29, 1.82) is 0 Å². The summed E-state index contributed by atoms with van der Waals surface area (Å²) in [5.41, 5.74) is 8.99. The number of hydrogen-bond donors (Lipinski definition) is 0. The highest BCUT2D eigenvalue weighted by atomic mass is 19.1. The standard InChI is InChI=1S/C26H28FN3O2/c1-17(22-11-24(27)12-22)30-7-5-19(6-8-30)25-13-26(32-29-25)20-3-4-21(14-28-2)23(10-20)9-18-15-31-16-18/h3-4,10,13-14,18-19H,1,5-9,11,15-16H2,2H3. The fourth-order valence-corrected chi connectivity index (χ4v) is 4.64. The Bertz CT molecular complexity index is 1110. The van der Waals surface area contributed by atoms with Crippen molar-refractivity contribution in [2.75, 3.05) is 33.4 Å². The third-order valence-corrected chi connectivity index (χ3v) is 6.70. The first-order chi connectivity index (χ1) is 15.6. The van der Waals surface area contributed by atoms with E-state index in [2.05, 4.69) is 51.6 Å². The van der Waals surface area contributed by atoms with Crippen molar-refractivity contribution in [3.63, 3.8) is 0 Å². The monoisotopic (exact) mass is 433 g/mol. The number of nitrogens with zero attached hydrogens (tertiary/aromatic N) is 3. The van der Waals surface area contributed by atoms with E-state index < -0.39 is 0 Å². The van der Waals surface area contributed by atoms with Crippen molar-refractivity contribution >= 4 is 6.21 Å². The number of likely N-dealkylation sites (tertiary alicyclic amines) is 1. The maximum absolute atomic E-state index is 13.0. The maximum Gasteiger partial charge on any atom is 0.167 e. The van der Waals surface area contributed by atoms with E-state index in [-0.39, 0.29) is 5.83 Å². The van der Waals surface area contributed by atoms with Crippen LogP contribution in [0.25, 0.3) is 11.3 Å². The van der Waals surface area contributed by atoms with Crippen LogP contribution in [0, 0.1) is 5.92 Å². The molecule has 166 valence electrons. The predicted octanol–water partition coefficient (Wildman–Crippen LogP) is 5.05. The Balaban J connectivity index is 1.27. The van der Waals surface area contributed by atoms with Crippen LogP contribution >= 0.6 is 0 Å². The summed E-state index contributed by atoms with van der Waals surface area (Å²) in [5, 5.41) is 4.40. The first-order valence-electron chi connectivity index (χ1n) is 11.3. The molecule has 5 nitrogen and oxygen atoms in total. The summed E-state index contributed by atoms with van der Waals surface area (Å²) >= 11 is 0. The highest BCUT2D eigenvalue weighted by Crippen LogP contribution is 2.35. The first-order valence-corrected chi connectivity index (χ1v) is 11.3. The molecule has 0 bridgehead atoms. The Kier molecular flexibility index (Phi) is 5.81. The average molecular weight is 434 g/mol. The maximum atomic E-state index is 13.0. The molecule has 2 fully saturated rings. The van der Waals surface area contributed by atoms with Gasteiger partial charge in [-0.2, -0.15) is 0 Å². The largest absolute Gasteiger partial charge is 0.381 e. The van der Waals surface area contributed by atoms with Gasteiger partial charge in [0.25, 0.3) is 0 Å². The zero-order valence-electron chi connectivity index (χ0n) is 18.4. The number of ether oxygens (including phenoxy) is 1. The van der Waals surface area contributed by atoms with Crippen LogP contribution in [0.3, 0.4) is 0 Å². The Morgan fingerprint density at radius 1 is 1.31 bits per heavy atom. The van der Waals surface area contributed by atoms with Crippen LogP contribution in [0.1, 0.15) is 42.0 Å². The number of piperidine rings is 1. The number of allylic oxidation sites excluding steroid dienone is 1. The van der Waals surface area contributed by atoms with E-state index >= 15 is 0 Å². The lowest BCUT2D eigenvalue weighted by atomic mass is 9.91. The summed E-state index contributed by atoms with van der Waals surface area (Å²) in [7, 11) is 1.80. The SMILES string of the molecule is C=C(C1=C=C(F)C1)N1CCC(c2cc(-c3ccc(C=NC)c(CC4COC4)c3)on2)CC1. The molecule has 6 heteroatoms. The van der Waals surface area contributed by atoms with Gasteiger partial charge in [0.1, 0.15) is 5.83 Å². The Labute approximate surface area is 188 Å². The molecule has 1 aliphatic carbocycles. The molecule has 3 aliphatic rings. The minimum Gasteiger partial charge on any atom is -0.381 e. The normalized spacial score (nSPS) is 19.5. The van der Waals surface area contributed by atoms with Gasteiger partial charge >= 0.3 is 0 Å². The summed E-state index contributed by atoms with van der Waals surface area (Å²) in [6.07, 6.45) is 5.21. The molecule has 0 unspecified atom stereocenters. The van der Waals surface area contributed by atoms with E-state index in [0.29, 0.717) is 18.3 Å². The quantitative estimate of drug-likeness (QED) is 0.453. The van der Waals surface area contributed by atoms with Crippen LogP contribution in [-0.4, -0.2) is 49.6 Å². The summed E-state index contributed by atoms with van der Waals surface area (Å²) in [6, 6.07) is 8.47. The van der Waals surface area contributed by atoms with Gasteiger partial charge in [0.15, 0.2) is 5.76 Å². The molecule has 0 saturated carbocycles. The molecule has 2 aliphatic heterocycles. The van der Waals surface area contributed by atoms with Gasteiger partial charge in [0.05, 0.1) is 18.9 Å². The van der Waals surface area contributed by atoms with Crippen LogP contribution in [0.2, 0.25) is 0 Å². The molecule has 32 heavy (non-hydrogen) atoms. The van der Waals surface area contributed by atoms with E-state index in [1.165, 1.54) is 5.56 Å². The number of benzene rings is 1. The molecule has 2 saturated heterocycles. The van der Waals surface area contributed by atoms with E-state index in [0.717, 1.165) is 79.4 Å². The van der Waals surface area contributed by atoms with Crippen molar-refractivity contribution in [1.82, 2.24) is 10.1 Å². The van der Waals surface area contributed by atoms with Crippen molar-refractivity contribution in [3.05, 3.63) is 70.5 Å².